The lowest BCUT2D eigenvalue weighted by atomic mass is 10.0. The second-order valence-electron chi connectivity index (χ2n) is 6.20. The highest BCUT2D eigenvalue weighted by Gasteiger charge is 2.23. The van der Waals surface area contributed by atoms with Gasteiger partial charge in [0, 0.05) is 56.2 Å². The van der Waals surface area contributed by atoms with Gasteiger partial charge in [-0.05, 0) is 30.7 Å². The van der Waals surface area contributed by atoms with Crippen molar-refractivity contribution < 1.29 is 0 Å². The molecule has 0 spiro atoms. The van der Waals surface area contributed by atoms with Crippen molar-refractivity contribution in [3.63, 3.8) is 0 Å². The zero-order valence-corrected chi connectivity index (χ0v) is 13.8. The number of hydrogen-bond donors (Lipinski definition) is 0. The van der Waals surface area contributed by atoms with Gasteiger partial charge in [0.15, 0.2) is 0 Å². The summed E-state index contributed by atoms with van der Waals surface area (Å²) in [6, 6.07) is 12.9. The van der Waals surface area contributed by atoms with E-state index in [4.69, 9.17) is 0 Å². The summed E-state index contributed by atoms with van der Waals surface area (Å²) in [5.41, 5.74) is 2.39. The van der Waals surface area contributed by atoms with E-state index < -0.39 is 0 Å². The number of hydrogen-bond acceptors (Lipinski definition) is 5. The second kappa shape index (κ2) is 6.53. The largest absolute Gasteiger partial charge is 0.338 e. The van der Waals surface area contributed by atoms with E-state index in [1.807, 2.05) is 18.3 Å². The van der Waals surface area contributed by atoms with Crippen LogP contribution in [-0.4, -0.2) is 46.0 Å². The van der Waals surface area contributed by atoms with Gasteiger partial charge in [-0.25, -0.2) is 9.97 Å². The van der Waals surface area contributed by atoms with Crippen LogP contribution >= 0.6 is 0 Å². The topological polar surface area (TPSA) is 45.2 Å². The molecule has 0 radical (unpaired) electrons. The molecule has 1 saturated heterocycles. The zero-order chi connectivity index (χ0) is 16.4. The van der Waals surface area contributed by atoms with Gasteiger partial charge in [-0.3, -0.25) is 9.88 Å². The lowest BCUT2D eigenvalue weighted by Gasteiger charge is -2.38. The lowest BCUT2D eigenvalue weighted by molar-refractivity contribution is 0.198. The van der Waals surface area contributed by atoms with Crippen molar-refractivity contribution in [3.8, 4) is 0 Å². The highest BCUT2D eigenvalue weighted by Crippen LogP contribution is 2.25. The highest BCUT2D eigenvalue weighted by atomic mass is 15.3. The molecule has 4 rings (SSSR count). The van der Waals surface area contributed by atoms with Gasteiger partial charge in [0.25, 0.3) is 0 Å². The molecular formula is C19H21N5. The summed E-state index contributed by atoms with van der Waals surface area (Å²) >= 11 is 0. The Labute approximate surface area is 142 Å². The van der Waals surface area contributed by atoms with Crippen LogP contribution in [-0.2, 0) is 0 Å². The summed E-state index contributed by atoms with van der Waals surface area (Å²) in [4.78, 5) is 18.0. The Morgan fingerprint density at radius 1 is 0.875 bits per heavy atom. The fraction of sp³-hybridized carbons (Fsp3) is 0.316. The third-order valence-electron chi connectivity index (χ3n) is 4.81. The summed E-state index contributed by atoms with van der Waals surface area (Å²) in [5, 5.41) is 1.19. The van der Waals surface area contributed by atoms with Crippen LogP contribution in [0.3, 0.4) is 0 Å². The fourth-order valence-electron chi connectivity index (χ4n) is 3.32. The zero-order valence-electron chi connectivity index (χ0n) is 13.8. The Hall–Kier alpha value is -2.53. The minimum Gasteiger partial charge on any atom is -0.338 e. The van der Waals surface area contributed by atoms with Crippen molar-refractivity contribution in [2.75, 3.05) is 31.1 Å². The average Bonchev–Trinajstić information content (AvgIpc) is 2.68. The molecule has 0 bridgehead atoms. The van der Waals surface area contributed by atoms with Gasteiger partial charge in [0.05, 0.1) is 5.52 Å². The van der Waals surface area contributed by atoms with E-state index >= 15 is 0 Å². The molecule has 3 heterocycles. The van der Waals surface area contributed by atoms with Crippen LogP contribution in [0.25, 0.3) is 10.9 Å². The molecule has 3 aromatic rings. The van der Waals surface area contributed by atoms with Gasteiger partial charge in [0.1, 0.15) is 0 Å². The number of anilines is 1. The predicted octanol–water partition coefficient (Wildman–Crippen LogP) is 2.91. The number of pyridine rings is 1. The lowest BCUT2D eigenvalue weighted by Crippen LogP contribution is -2.47. The van der Waals surface area contributed by atoms with Crippen molar-refractivity contribution in [1.82, 2.24) is 19.9 Å². The Morgan fingerprint density at radius 3 is 2.42 bits per heavy atom. The van der Waals surface area contributed by atoms with Crippen molar-refractivity contribution >= 4 is 16.9 Å². The maximum Gasteiger partial charge on any atom is 0.225 e. The van der Waals surface area contributed by atoms with Crippen molar-refractivity contribution in [2.24, 2.45) is 0 Å². The summed E-state index contributed by atoms with van der Waals surface area (Å²) < 4.78 is 0. The highest BCUT2D eigenvalue weighted by molar-refractivity contribution is 5.78. The molecule has 0 unspecified atom stereocenters. The molecule has 1 aliphatic rings. The van der Waals surface area contributed by atoms with E-state index in [-0.39, 0.29) is 0 Å². The maximum absolute atomic E-state index is 4.48. The van der Waals surface area contributed by atoms with Gasteiger partial charge >= 0.3 is 0 Å². The summed E-state index contributed by atoms with van der Waals surface area (Å²) in [6.45, 7) is 6.22. The first-order valence-electron chi connectivity index (χ1n) is 8.42. The Balaban J connectivity index is 1.46. The Bertz CT molecular complexity index is 812. The molecule has 5 nitrogen and oxygen atoms in total. The fourth-order valence-corrected chi connectivity index (χ4v) is 3.32. The van der Waals surface area contributed by atoms with Crippen LogP contribution in [0, 0.1) is 0 Å². The molecular weight excluding hydrogens is 298 g/mol. The molecule has 0 amide bonds. The minimum absolute atomic E-state index is 0.384. The van der Waals surface area contributed by atoms with E-state index in [9.17, 15) is 0 Å². The summed E-state index contributed by atoms with van der Waals surface area (Å²) in [6.07, 6.45) is 5.47. The monoisotopic (exact) mass is 319 g/mol. The third kappa shape index (κ3) is 2.95. The first-order chi connectivity index (χ1) is 11.8. The smallest absolute Gasteiger partial charge is 0.225 e. The van der Waals surface area contributed by atoms with Crippen LogP contribution in [0.5, 0.6) is 0 Å². The molecule has 1 aromatic carbocycles. The Kier molecular flexibility index (Phi) is 4.09. The van der Waals surface area contributed by atoms with Crippen LogP contribution in [0.2, 0.25) is 0 Å². The average molecular weight is 319 g/mol. The number of nitrogens with zero attached hydrogens (tertiary/aromatic N) is 5. The summed E-state index contributed by atoms with van der Waals surface area (Å²) in [5.74, 6) is 0.833. The van der Waals surface area contributed by atoms with Gasteiger partial charge in [-0.2, -0.15) is 0 Å². The molecule has 122 valence electrons. The van der Waals surface area contributed by atoms with Crippen LogP contribution in [0.15, 0.2) is 55.0 Å². The number of aromatic nitrogens is 3. The van der Waals surface area contributed by atoms with Crippen molar-refractivity contribution in [1.29, 1.82) is 0 Å². The predicted molar refractivity (Wildman–Crippen MR) is 96.0 cm³/mol. The first-order valence-corrected chi connectivity index (χ1v) is 8.42. The molecule has 1 atom stereocenters. The normalized spacial score (nSPS) is 17.1. The van der Waals surface area contributed by atoms with Crippen molar-refractivity contribution in [2.45, 2.75) is 13.0 Å². The summed E-state index contributed by atoms with van der Waals surface area (Å²) in [7, 11) is 0. The number of rotatable bonds is 3. The molecule has 1 aliphatic heterocycles. The molecule has 0 saturated carbocycles. The van der Waals surface area contributed by atoms with Gasteiger partial charge in [-0.15, -0.1) is 0 Å². The van der Waals surface area contributed by atoms with Crippen LogP contribution in [0.1, 0.15) is 18.5 Å². The minimum atomic E-state index is 0.384. The Morgan fingerprint density at radius 2 is 1.62 bits per heavy atom. The van der Waals surface area contributed by atoms with Crippen LogP contribution in [0.4, 0.5) is 5.95 Å². The van der Waals surface area contributed by atoms with E-state index in [0.717, 1.165) is 37.6 Å². The van der Waals surface area contributed by atoms with Gasteiger partial charge < -0.3 is 4.90 Å². The number of piperazine rings is 1. The SMILES string of the molecule is C[C@H](c1ccc2cccnc2c1)N1CCN(c2ncccn2)CC1. The molecule has 5 heteroatoms. The van der Waals surface area contributed by atoms with E-state index in [1.54, 1.807) is 12.4 Å². The van der Waals surface area contributed by atoms with E-state index in [1.165, 1.54) is 10.9 Å². The number of fused-ring (bicyclic) bond motifs is 1. The second-order valence-corrected chi connectivity index (χ2v) is 6.20. The molecule has 0 N–H and O–H groups in total. The third-order valence-corrected chi connectivity index (χ3v) is 4.81. The number of benzene rings is 1. The van der Waals surface area contributed by atoms with Gasteiger partial charge in [-0.1, -0.05) is 18.2 Å². The van der Waals surface area contributed by atoms with E-state index in [2.05, 4.69) is 55.9 Å². The molecule has 0 aliphatic carbocycles. The standard InChI is InChI=1S/C19H21N5/c1-15(17-6-5-16-4-2-7-20-18(16)14-17)23-10-12-24(13-11-23)19-21-8-3-9-22-19/h2-9,14-15H,10-13H2,1H3/t15-/m1/s1. The van der Waals surface area contributed by atoms with E-state index in [0.29, 0.717) is 6.04 Å². The first kappa shape index (κ1) is 15.0. The molecule has 1 fully saturated rings. The molecule has 2 aromatic heterocycles. The quantitative estimate of drug-likeness (QED) is 0.743. The molecule has 24 heavy (non-hydrogen) atoms. The van der Waals surface area contributed by atoms with Crippen molar-refractivity contribution in [3.05, 3.63) is 60.6 Å². The van der Waals surface area contributed by atoms with Gasteiger partial charge in [0.2, 0.25) is 5.95 Å². The van der Waals surface area contributed by atoms with Crippen LogP contribution < -0.4 is 4.90 Å². The maximum atomic E-state index is 4.48.